The van der Waals surface area contributed by atoms with Crippen molar-refractivity contribution in [1.82, 2.24) is 24.6 Å². The van der Waals surface area contributed by atoms with Gasteiger partial charge < -0.3 is 16.1 Å². The van der Waals surface area contributed by atoms with E-state index in [9.17, 15) is 27.2 Å². The number of aromatic nitrogens is 3. The summed E-state index contributed by atoms with van der Waals surface area (Å²) >= 11 is 7.05. The van der Waals surface area contributed by atoms with Crippen LogP contribution in [-0.2, 0) is 13.1 Å². The molecule has 1 unspecified atom stereocenters. The number of hydrogen-bond donors (Lipinski definition) is 3. The molecule has 2 aromatic rings. The van der Waals surface area contributed by atoms with Crippen LogP contribution in [0.3, 0.4) is 0 Å². The number of nitrogens with zero attached hydrogens (tertiary/aromatic N) is 4. The Bertz CT molecular complexity index is 1520. The van der Waals surface area contributed by atoms with Crippen molar-refractivity contribution in [2.24, 2.45) is 5.73 Å². The molecule has 0 bridgehead atoms. The summed E-state index contributed by atoms with van der Waals surface area (Å²) in [6.45, 7) is -1.30. The Balaban J connectivity index is 1.83. The number of nitrogens with one attached hydrogen (secondary N) is 2. The Morgan fingerprint density at radius 3 is 2.62 bits per heavy atom. The third-order valence-electron chi connectivity index (χ3n) is 5.50. The third kappa shape index (κ3) is 5.45. The van der Waals surface area contributed by atoms with Crippen LogP contribution in [0.25, 0.3) is 0 Å². The molecule has 0 spiro atoms. The average Bonchev–Trinajstić information content (AvgIpc) is 3.20. The quantitative estimate of drug-likeness (QED) is 0.352. The van der Waals surface area contributed by atoms with Crippen molar-refractivity contribution in [2.75, 3.05) is 18.6 Å². The van der Waals surface area contributed by atoms with E-state index in [4.69, 9.17) is 17.3 Å². The monoisotopic (exact) mass is 557 g/mol. The minimum absolute atomic E-state index is 0.205. The molecule has 0 radical (unpaired) electrons. The van der Waals surface area contributed by atoms with Crippen LogP contribution in [0.1, 0.15) is 5.56 Å². The van der Waals surface area contributed by atoms with E-state index in [0.717, 1.165) is 10.1 Å². The standard InChI is InChI=1S/C22H20ClF4N7O2S/c1-32-7-11-4-18(12(23)5-17(11)31-32)29-20-30-21(35)34(9-16(28)19(27)37-2)22(36)33(20)8-10-3-14(25)15(26)6-13(10)24/h3-7,17,31H,8-9,28H2,1-2H3,(H,29,30,35)/b19-16-. The molecular formula is C22H20ClF4N7O2S. The fourth-order valence-corrected chi connectivity index (χ4v) is 4.26. The van der Waals surface area contributed by atoms with Crippen LogP contribution < -0.4 is 27.9 Å². The van der Waals surface area contributed by atoms with Crippen molar-refractivity contribution in [3.05, 3.63) is 102 Å². The molecule has 1 aliphatic carbocycles. The zero-order valence-electron chi connectivity index (χ0n) is 19.4. The molecule has 1 aromatic carbocycles. The predicted octanol–water partition coefficient (Wildman–Crippen LogP) is 2.47. The summed E-state index contributed by atoms with van der Waals surface area (Å²) in [5.74, 6) is -4.25. The molecule has 0 amide bonds. The lowest BCUT2D eigenvalue weighted by molar-refractivity contribution is 0.349. The van der Waals surface area contributed by atoms with Crippen LogP contribution in [0, 0.1) is 17.5 Å². The summed E-state index contributed by atoms with van der Waals surface area (Å²) in [6.07, 6.45) is 6.52. The fourth-order valence-electron chi connectivity index (χ4n) is 3.71. The molecule has 9 nitrogen and oxygen atoms in total. The highest BCUT2D eigenvalue weighted by Crippen LogP contribution is 2.29. The van der Waals surface area contributed by atoms with E-state index in [1.165, 1.54) is 6.26 Å². The maximum atomic E-state index is 14.5. The van der Waals surface area contributed by atoms with Crippen LogP contribution in [0.4, 0.5) is 23.5 Å². The number of anilines is 1. The van der Waals surface area contributed by atoms with E-state index in [-0.39, 0.29) is 22.7 Å². The molecule has 1 atom stereocenters. The highest BCUT2D eigenvalue weighted by atomic mass is 35.5. The molecule has 2 heterocycles. The minimum atomic E-state index is -1.41. The molecule has 0 saturated heterocycles. The molecule has 1 aliphatic heterocycles. The molecular weight excluding hydrogens is 538 g/mol. The second-order valence-corrected chi connectivity index (χ2v) is 9.25. The topological polar surface area (TPSA) is 110 Å². The maximum Gasteiger partial charge on any atom is 0.355 e. The van der Waals surface area contributed by atoms with Gasteiger partial charge in [0.15, 0.2) is 16.8 Å². The Kier molecular flexibility index (Phi) is 7.52. The van der Waals surface area contributed by atoms with E-state index in [1.54, 1.807) is 30.4 Å². The highest BCUT2D eigenvalue weighted by Gasteiger charge is 2.26. The summed E-state index contributed by atoms with van der Waals surface area (Å²) in [5.41, 5.74) is 6.89. The van der Waals surface area contributed by atoms with Gasteiger partial charge in [0.05, 0.1) is 35.6 Å². The molecule has 15 heteroatoms. The average molecular weight is 558 g/mol. The van der Waals surface area contributed by atoms with Crippen molar-refractivity contribution in [1.29, 1.82) is 0 Å². The van der Waals surface area contributed by atoms with Crippen LogP contribution in [0.15, 0.2) is 67.2 Å². The van der Waals surface area contributed by atoms with Gasteiger partial charge in [-0.3, -0.25) is 4.57 Å². The third-order valence-corrected chi connectivity index (χ3v) is 6.45. The summed E-state index contributed by atoms with van der Waals surface area (Å²) in [5, 5.41) is 3.92. The Morgan fingerprint density at radius 1 is 1.22 bits per heavy atom. The summed E-state index contributed by atoms with van der Waals surface area (Å²) in [6, 6.07) is 0.712. The molecule has 37 heavy (non-hydrogen) atoms. The number of hydrazine groups is 1. The predicted molar refractivity (Wildman–Crippen MR) is 132 cm³/mol. The lowest BCUT2D eigenvalue weighted by atomic mass is 10.0. The summed E-state index contributed by atoms with van der Waals surface area (Å²) in [4.78, 5) is 29.9. The lowest BCUT2D eigenvalue weighted by Gasteiger charge is -2.21. The van der Waals surface area contributed by atoms with Gasteiger partial charge in [0.2, 0.25) is 5.95 Å². The molecule has 4 rings (SSSR count). The first-order chi connectivity index (χ1) is 17.5. The number of thioether (sulfide) groups is 1. The summed E-state index contributed by atoms with van der Waals surface area (Å²) in [7, 11) is 1.78. The van der Waals surface area contributed by atoms with E-state index < -0.39 is 58.3 Å². The summed E-state index contributed by atoms with van der Waals surface area (Å²) < 4.78 is 57.0. The Morgan fingerprint density at radius 2 is 1.92 bits per heavy atom. The van der Waals surface area contributed by atoms with E-state index >= 15 is 0 Å². The van der Waals surface area contributed by atoms with E-state index in [2.05, 4.69) is 15.7 Å². The number of allylic oxidation sites excluding steroid dienone is 2. The van der Waals surface area contributed by atoms with Gasteiger partial charge >= 0.3 is 11.4 Å². The molecule has 196 valence electrons. The second kappa shape index (κ2) is 10.5. The van der Waals surface area contributed by atoms with Gasteiger partial charge in [-0.15, -0.1) is 0 Å². The first kappa shape index (κ1) is 26.6. The SMILES string of the molecule is CS/C(F)=C(\N)Cn1c(=O)nc(NC2=CC3=CN(C)NC3C=C2Cl)n(Cc2cc(F)c(F)cc2F)c1=O. The molecule has 2 aliphatic rings. The fraction of sp³-hybridized carbons (Fsp3) is 0.227. The zero-order valence-corrected chi connectivity index (χ0v) is 20.9. The molecule has 4 N–H and O–H groups in total. The van der Waals surface area contributed by atoms with Crippen molar-refractivity contribution in [3.8, 4) is 0 Å². The second-order valence-electron chi connectivity index (χ2n) is 8.08. The van der Waals surface area contributed by atoms with Crippen molar-refractivity contribution in [3.63, 3.8) is 0 Å². The Labute approximate surface area is 216 Å². The normalized spacial score (nSPS) is 17.6. The number of nitrogens with two attached hydrogens (primary N) is 1. The number of rotatable bonds is 7. The van der Waals surface area contributed by atoms with Gasteiger partial charge in [-0.25, -0.2) is 32.8 Å². The largest absolute Gasteiger partial charge is 0.398 e. The minimum Gasteiger partial charge on any atom is -0.398 e. The first-order valence-electron chi connectivity index (χ1n) is 10.6. The van der Waals surface area contributed by atoms with Gasteiger partial charge in [-0.1, -0.05) is 23.4 Å². The number of benzene rings is 1. The van der Waals surface area contributed by atoms with E-state index in [1.807, 2.05) is 0 Å². The Hall–Kier alpha value is -3.49. The molecule has 0 fully saturated rings. The number of hydrogen-bond acceptors (Lipinski definition) is 8. The zero-order chi connectivity index (χ0) is 27.0. The molecule has 0 saturated carbocycles. The van der Waals surface area contributed by atoms with Gasteiger partial charge in [0, 0.05) is 24.9 Å². The number of fused-ring (bicyclic) bond motifs is 1. The van der Waals surface area contributed by atoms with Gasteiger partial charge in [0.25, 0.3) is 0 Å². The van der Waals surface area contributed by atoms with Crippen LogP contribution in [0.5, 0.6) is 0 Å². The molecule has 1 aromatic heterocycles. The van der Waals surface area contributed by atoms with Crippen molar-refractivity contribution >= 4 is 29.3 Å². The maximum absolute atomic E-state index is 14.5. The van der Waals surface area contributed by atoms with Gasteiger partial charge in [-0.2, -0.15) is 9.37 Å². The van der Waals surface area contributed by atoms with Crippen molar-refractivity contribution < 1.29 is 17.6 Å². The smallest absolute Gasteiger partial charge is 0.355 e. The highest BCUT2D eigenvalue weighted by molar-refractivity contribution is 8.02. The van der Waals surface area contributed by atoms with Crippen LogP contribution >= 0.6 is 23.4 Å². The van der Waals surface area contributed by atoms with Gasteiger partial charge in [-0.05, 0) is 30.0 Å². The van der Waals surface area contributed by atoms with Gasteiger partial charge in [0.1, 0.15) is 5.82 Å². The van der Waals surface area contributed by atoms with Crippen LogP contribution in [-0.4, -0.2) is 38.5 Å². The van der Waals surface area contributed by atoms with Crippen LogP contribution in [0.2, 0.25) is 0 Å². The van der Waals surface area contributed by atoms with E-state index in [0.29, 0.717) is 28.5 Å². The lowest BCUT2D eigenvalue weighted by Crippen LogP contribution is -2.44. The first-order valence-corrected chi connectivity index (χ1v) is 12.2. The van der Waals surface area contributed by atoms with Crippen molar-refractivity contribution in [2.45, 2.75) is 19.1 Å². The number of halogens is 5.